The van der Waals surface area contributed by atoms with Crippen molar-refractivity contribution < 1.29 is 9.13 Å². The minimum atomic E-state index is -0.404. The predicted octanol–water partition coefficient (Wildman–Crippen LogP) is 3.38. The van der Waals surface area contributed by atoms with Crippen molar-refractivity contribution in [1.29, 1.82) is 5.26 Å². The van der Waals surface area contributed by atoms with E-state index in [1.54, 1.807) is 36.5 Å². The van der Waals surface area contributed by atoms with Gasteiger partial charge in [0, 0.05) is 24.8 Å². The standard InChI is InChI=1S/C22H18FN7O/c23-18-4-2-1-3-17(18)21-27-20-7-8-25-30(20)22(28-21)26-16-5-6-19(15(13-16)14-24)29-9-11-31-12-10-29/h1-8,13H,9-12H2,(H,26,27,28). The lowest BCUT2D eigenvalue weighted by atomic mass is 10.1. The molecule has 1 fully saturated rings. The van der Waals surface area contributed by atoms with Crippen molar-refractivity contribution in [3.05, 3.63) is 66.1 Å². The van der Waals surface area contributed by atoms with Gasteiger partial charge in [-0.1, -0.05) is 12.1 Å². The molecule has 1 N–H and O–H groups in total. The highest BCUT2D eigenvalue weighted by Crippen LogP contribution is 2.27. The van der Waals surface area contributed by atoms with Gasteiger partial charge in [-0.25, -0.2) is 9.37 Å². The van der Waals surface area contributed by atoms with Crippen molar-refractivity contribution in [2.45, 2.75) is 0 Å². The third kappa shape index (κ3) is 3.65. The normalized spacial score (nSPS) is 13.9. The highest BCUT2D eigenvalue weighted by atomic mass is 19.1. The van der Waals surface area contributed by atoms with E-state index < -0.39 is 5.82 Å². The number of ether oxygens (including phenoxy) is 1. The van der Waals surface area contributed by atoms with Gasteiger partial charge in [-0.05, 0) is 30.3 Å². The summed E-state index contributed by atoms with van der Waals surface area (Å²) in [5, 5.41) is 17.1. The summed E-state index contributed by atoms with van der Waals surface area (Å²) in [6, 6.07) is 15.9. The van der Waals surface area contributed by atoms with E-state index in [4.69, 9.17) is 4.74 Å². The van der Waals surface area contributed by atoms with Crippen molar-refractivity contribution >= 4 is 23.0 Å². The number of benzene rings is 2. The summed E-state index contributed by atoms with van der Waals surface area (Å²) < 4.78 is 21.2. The second-order valence-electron chi connectivity index (χ2n) is 7.02. The van der Waals surface area contributed by atoms with Crippen LogP contribution in [-0.4, -0.2) is 45.9 Å². The molecule has 8 nitrogen and oxygen atoms in total. The lowest BCUT2D eigenvalue weighted by molar-refractivity contribution is 0.122. The summed E-state index contributed by atoms with van der Waals surface area (Å²) >= 11 is 0. The molecule has 3 heterocycles. The Morgan fingerprint density at radius 2 is 1.90 bits per heavy atom. The van der Waals surface area contributed by atoms with Gasteiger partial charge < -0.3 is 15.0 Å². The molecule has 1 saturated heterocycles. The highest BCUT2D eigenvalue weighted by Gasteiger charge is 2.17. The molecule has 0 amide bonds. The van der Waals surface area contributed by atoms with Crippen LogP contribution in [0.3, 0.4) is 0 Å². The van der Waals surface area contributed by atoms with Crippen LogP contribution in [-0.2, 0) is 4.74 Å². The molecule has 31 heavy (non-hydrogen) atoms. The van der Waals surface area contributed by atoms with Gasteiger partial charge >= 0.3 is 0 Å². The molecule has 0 atom stereocenters. The smallest absolute Gasteiger partial charge is 0.232 e. The van der Waals surface area contributed by atoms with Crippen LogP contribution in [0, 0.1) is 17.1 Å². The molecule has 5 rings (SSSR count). The van der Waals surface area contributed by atoms with Crippen molar-refractivity contribution in [3.8, 4) is 17.5 Å². The number of nitriles is 1. The summed E-state index contributed by atoms with van der Waals surface area (Å²) in [5.74, 6) is 0.217. The van der Waals surface area contributed by atoms with Crippen LogP contribution < -0.4 is 10.2 Å². The fourth-order valence-electron chi connectivity index (χ4n) is 3.58. The number of fused-ring (bicyclic) bond motifs is 1. The van der Waals surface area contributed by atoms with Crippen molar-refractivity contribution in [1.82, 2.24) is 19.6 Å². The number of anilines is 3. The van der Waals surface area contributed by atoms with Crippen LogP contribution in [0.4, 0.5) is 21.7 Å². The van der Waals surface area contributed by atoms with Gasteiger partial charge in [0.25, 0.3) is 0 Å². The Hall–Kier alpha value is -4.03. The molecule has 0 saturated carbocycles. The van der Waals surface area contributed by atoms with E-state index in [1.165, 1.54) is 10.6 Å². The minimum absolute atomic E-state index is 0.249. The topological polar surface area (TPSA) is 91.4 Å². The summed E-state index contributed by atoms with van der Waals surface area (Å²) in [4.78, 5) is 11.0. The number of nitrogens with zero attached hydrogens (tertiary/aromatic N) is 6. The number of morpholine rings is 1. The van der Waals surface area contributed by atoms with Gasteiger partial charge in [0.1, 0.15) is 11.9 Å². The van der Waals surface area contributed by atoms with Gasteiger partial charge in [-0.3, -0.25) is 0 Å². The van der Waals surface area contributed by atoms with Crippen molar-refractivity contribution in [2.24, 2.45) is 0 Å². The predicted molar refractivity (Wildman–Crippen MR) is 114 cm³/mol. The molecule has 0 radical (unpaired) electrons. The van der Waals surface area contributed by atoms with Gasteiger partial charge in [0.15, 0.2) is 11.5 Å². The molecular weight excluding hydrogens is 397 g/mol. The molecule has 154 valence electrons. The van der Waals surface area contributed by atoms with E-state index in [0.717, 1.165) is 18.8 Å². The first-order valence-corrected chi connectivity index (χ1v) is 9.83. The minimum Gasteiger partial charge on any atom is -0.378 e. The van der Waals surface area contributed by atoms with Gasteiger partial charge in [0.05, 0.1) is 36.2 Å². The molecule has 0 spiro atoms. The Bertz CT molecular complexity index is 1290. The monoisotopic (exact) mass is 415 g/mol. The van der Waals surface area contributed by atoms with Crippen molar-refractivity contribution in [2.75, 3.05) is 36.5 Å². The first kappa shape index (κ1) is 19.0. The Kier molecular flexibility index (Phi) is 4.90. The van der Waals surface area contributed by atoms with Crippen LogP contribution in [0.5, 0.6) is 0 Å². The van der Waals surface area contributed by atoms with E-state index in [0.29, 0.717) is 41.6 Å². The van der Waals surface area contributed by atoms with Gasteiger partial charge in [-0.15, -0.1) is 0 Å². The maximum absolute atomic E-state index is 14.3. The number of halogens is 1. The van der Waals surface area contributed by atoms with Crippen LogP contribution >= 0.6 is 0 Å². The summed E-state index contributed by atoms with van der Waals surface area (Å²) in [7, 11) is 0. The maximum atomic E-state index is 14.3. The average molecular weight is 415 g/mol. The first-order chi connectivity index (χ1) is 15.2. The van der Waals surface area contributed by atoms with Crippen LogP contribution in [0.2, 0.25) is 0 Å². The molecule has 1 aliphatic heterocycles. The third-order valence-corrected chi connectivity index (χ3v) is 5.10. The van der Waals surface area contributed by atoms with Crippen LogP contribution in [0.1, 0.15) is 5.56 Å². The zero-order chi connectivity index (χ0) is 21.2. The Morgan fingerprint density at radius 3 is 2.71 bits per heavy atom. The average Bonchev–Trinajstić information content (AvgIpc) is 3.29. The third-order valence-electron chi connectivity index (χ3n) is 5.10. The van der Waals surface area contributed by atoms with Crippen molar-refractivity contribution in [3.63, 3.8) is 0 Å². The Balaban J connectivity index is 1.52. The van der Waals surface area contributed by atoms with E-state index in [2.05, 4.69) is 31.4 Å². The van der Waals surface area contributed by atoms with E-state index in [9.17, 15) is 9.65 Å². The summed E-state index contributed by atoms with van der Waals surface area (Å²) in [5.41, 5.74) is 2.92. The molecule has 1 aliphatic rings. The van der Waals surface area contributed by atoms with Crippen LogP contribution in [0.15, 0.2) is 54.7 Å². The lowest BCUT2D eigenvalue weighted by Crippen LogP contribution is -2.36. The fourth-order valence-corrected chi connectivity index (χ4v) is 3.58. The fraction of sp³-hybridized carbons (Fsp3) is 0.182. The van der Waals surface area contributed by atoms with Gasteiger partial charge in [0.2, 0.25) is 5.95 Å². The van der Waals surface area contributed by atoms with Gasteiger partial charge in [-0.2, -0.15) is 19.9 Å². The number of aromatic nitrogens is 4. The van der Waals surface area contributed by atoms with E-state index >= 15 is 0 Å². The molecule has 2 aromatic carbocycles. The summed E-state index contributed by atoms with van der Waals surface area (Å²) in [6.45, 7) is 2.77. The number of nitrogens with one attached hydrogen (secondary N) is 1. The quantitative estimate of drug-likeness (QED) is 0.546. The van der Waals surface area contributed by atoms with E-state index in [1.807, 2.05) is 12.1 Å². The number of hydrogen-bond acceptors (Lipinski definition) is 7. The second kappa shape index (κ2) is 8.01. The number of hydrogen-bond donors (Lipinski definition) is 1. The number of rotatable bonds is 4. The zero-order valence-electron chi connectivity index (χ0n) is 16.5. The molecular formula is C22H18FN7O. The molecule has 9 heteroatoms. The SMILES string of the molecule is N#Cc1cc(Nc2nc(-c3ccccc3F)nc3ccnn23)ccc1N1CCOCC1. The lowest BCUT2D eigenvalue weighted by Gasteiger charge is -2.29. The molecule has 4 aromatic rings. The molecule has 2 aromatic heterocycles. The molecule has 0 aliphatic carbocycles. The first-order valence-electron chi connectivity index (χ1n) is 9.83. The second-order valence-corrected chi connectivity index (χ2v) is 7.02. The molecule has 0 unspecified atom stereocenters. The Morgan fingerprint density at radius 1 is 1.06 bits per heavy atom. The highest BCUT2D eigenvalue weighted by molar-refractivity contribution is 5.69. The summed E-state index contributed by atoms with van der Waals surface area (Å²) in [6.07, 6.45) is 1.60. The van der Waals surface area contributed by atoms with Crippen LogP contribution in [0.25, 0.3) is 17.0 Å². The molecule has 0 bridgehead atoms. The largest absolute Gasteiger partial charge is 0.378 e. The van der Waals surface area contributed by atoms with E-state index in [-0.39, 0.29) is 5.82 Å². The Labute approximate surface area is 177 Å². The zero-order valence-corrected chi connectivity index (χ0v) is 16.5. The maximum Gasteiger partial charge on any atom is 0.232 e.